The molecule has 184 valence electrons. The molecule has 0 bridgehead atoms. The summed E-state index contributed by atoms with van der Waals surface area (Å²) in [4.78, 5) is 25.5. The van der Waals surface area contributed by atoms with Crippen molar-refractivity contribution in [1.29, 1.82) is 0 Å². The molecule has 10 heteroatoms. The van der Waals surface area contributed by atoms with Crippen LogP contribution in [0.2, 0.25) is 0 Å². The van der Waals surface area contributed by atoms with Gasteiger partial charge < -0.3 is 41.5 Å². The summed E-state index contributed by atoms with van der Waals surface area (Å²) >= 11 is 0. The number of carbonyl (C=O) groups excluding carboxylic acids is 2. The van der Waals surface area contributed by atoms with Gasteiger partial charge in [-0.15, -0.1) is 0 Å². The molecule has 0 aromatic heterocycles. The lowest BCUT2D eigenvalue weighted by molar-refractivity contribution is -0.904. The van der Waals surface area contributed by atoms with Gasteiger partial charge in [-0.3, -0.25) is 9.59 Å². The van der Waals surface area contributed by atoms with Crippen molar-refractivity contribution >= 4 is 11.8 Å². The second-order valence-corrected chi connectivity index (χ2v) is 8.68. The highest BCUT2D eigenvalue weighted by atomic mass is 16.4. The molecule has 0 spiro atoms. The number of carbonyl (C=O) groups is 2. The molecule has 0 unspecified atom stereocenters. The zero-order valence-electron chi connectivity index (χ0n) is 19.6. The molecule has 0 aromatic rings. The molecule has 0 saturated heterocycles. The van der Waals surface area contributed by atoms with E-state index < -0.39 is 30.3 Å². The number of hydrogen-bond donors (Lipinski definition) is 7. The monoisotopic (exact) mass is 456 g/mol. The van der Waals surface area contributed by atoms with Gasteiger partial charge in [0.1, 0.15) is 18.2 Å². The molecule has 2 amide bonds. The molecule has 1 aliphatic rings. The first-order chi connectivity index (χ1) is 15.0. The van der Waals surface area contributed by atoms with E-state index in [0.717, 1.165) is 30.5 Å². The van der Waals surface area contributed by atoms with Crippen molar-refractivity contribution in [2.24, 2.45) is 5.73 Å². The summed E-state index contributed by atoms with van der Waals surface area (Å²) in [5.41, 5.74) is 5.63. The Labute approximate surface area is 191 Å². The zero-order chi connectivity index (χ0) is 24.3. The maximum Gasteiger partial charge on any atom is 0.247 e. The molecular formula is C22H42N5O5+. The van der Waals surface area contributed by atoms with E-state index in [0.29, 0.717) is 31.8 Å². The van der Waals surface area contributed by atoms with Crippen LogP contribution < -0.4 is 21.7 Å². The van der Waals surface area contributed by atoms with E-state index in [1.165, 1.54) is 6.08 Å². The molecule has 4 atom stereocenters. The average Bonchev–Trinajstić information content (AvgIpc) is 2.75. The molecule has 10 nitrogen and oxygen atoms in total. The van der Waals surface area contributed by atoms with E-state index in [4.69, 9.17) is 5.73 Å². The zero-order valence-corrected chi connectivity index (χ0v) is 19.6. The maximum atomic E-state index is 12.8. The molecule has 0 fully saturated rings. The third kappa shape index (κ3) is 9.15. The number of quaternary nitrogens is 1. The molecule has 0 aromatic carbocycles. The van der Waals surface area contributed by atoms with E-state index >= 15 is 0 Å². The predicted octanol–water partition coefficient (Wildman–Crippen LogP) is -1.32. The van der Waals surface area contributed by atoms with Crippen molar-refractivity contribution in [3.8, 4) is 0 Å². The summed E-state index contributed by atoms with van der Waals surface area (Å²) in [6.45, 7) is 11.6. The van der Waals surface area contributed by atoms with Crippen LogP contribution in [0, 0.1) is 0 Å². The summed E-state index contributed by atoms with van der Waals surface area (Å²) in [6, 6.07) is -0.757. The lowest BCUT2D eigenvalue weighted by Gasteiger charge is -2.32. The highest BCUT2D eigenvalue weighted by Gasteiger charge is 2.32. The SMILES string of the molecule is C=C(N)NCCCC[C@H](NC(=O)C1=C[C@@H](O)[C@@H](O)[C@H](O)C1)C(=O)NCC[N+](C)(CC)CC. The summed E-state index contributed by atoms with van der Waals surface area (Å²) in [6.07, 6.45) is -0.946. The lowest BCUT2D eigenvalue weighted by Crippen LogP contribution is -2.52. The molecule has 32 heavy (non-hydrogen) atoms. The van der Waals surface area contributed by atoms with Gasteiger partial charge in [0.05, 0.1) is 45.2 Å². The number of aliphatic hydroxyl groups is 3. The second-order valence-electron chi connectivity index (χ2n) is 8.68. The number of amides is 2. The Morgan fingerprint density at radius 3 is 2.41 bits per heavy atom. The van der Waals surface area contributed by atoms with E-state index in [1.807, 2.05) is 0 Å². The Kier molecular flexibility index (Phi) is 11.7. The van der Waals surface area contributed by atoms with Crippen LogP contribution in [-0.2, 0) is 9.59 Å². The van der Waals surface area contributed by atoms with Gasteiger partial charge in [0.25, 0.3) is 0 Å². The van der Waals surface area contributed by atoms with Crippen LogP contribution in [0.1, 0.15) is 39.5 Å². The van der Waals surface area contributed by atoms with Gasteiger partial charge in [0.2, 0.25) is 11.8 Å². The molecule has 1 aliphatic carbocycles. The van der Waals surface area contributed by atoms with Crippen molar-refractivity contribution < 1.29 is 29.4 Å². The average molecular weight is 457 g/mol. The number of likely N-dealkylation sites (N-methyl/N-ethyl adjacent to an activating group) is 1. The number of nitrogens with one attached hydrogen (secondary N) is 3. The fourth-order valence-corrected chi connectivity index (χ4v) is 3.47. The van der Waals surface area contributed by atoms with E-state index in [9.17, 15) is 24.9 Å². The fraction of sp³-hybridized carbons (Fsp3) is 0.727. The van der Waals surface area contributed by atoms with Crippen LogP contribution in [0.15, 0.2) is 24.0 Å². The van der Waals surface area contributed by atoms with Crippen LogP contribution in [-0.4, -0.2) is 95.7 Å². The van der Waals surface area contributed by atoms with Gasteiger partial charge in [-0.05, 0) is 39.2 Å². The maximum absolute atomic E-state index is 12.8. The number of rotatable bonds is 14. The third-order valence-corrected chi connectivity index (χ3v) is 6.21. The topological polar surface area (TPSA) is 157 Å². The normalized spacial score (nSPS) is 21.9. The minimum atomic E-state index is -1.33. The first-order valence-corrected chi connectivity index (χ1v) is 11.4. The number of hydrogen-bond acceptors (Lipinski definition) is 7. The van der Waals surface area contributed by atoms with E-state index in [-0.39, 0.29) is 17.9 Å². The fourth-order valence-electron chi connectivity index (χ4n) is 3.47. The molecule has 0 radical (unpaired) electrons. The minimum absolute atomic E-state index is 0.0935. The predicted molar refractivity (Wildman–Crippen MR) is 123 cm³/mol. The van der Waals surface area contributed by atoms with E-state index in [2.05, 4.69) is 43.4 Å². The lowest BCUT2D eigenvalue weighted by atomic mass is 9.91. The van der Waals surface area contributed by atoms with Gasteiger partial charge in [-0.25, -0.2) is 0 Å². The van der Waals surface area contributed by atoms with Crippen molar-refractivity contribution in [3.63, 3.8) is 0 Å². The standard InChI is InChI=1S/C22H41N5O5/c1-5-27(4,6-2)12-11-25-22(32)17(9-7-8-10-24-15(3)23)26-21(31)16-13-18(28)20(30)19(29)14-16/h13,17-20,24,28-30H,3,5-12,14,23H2,1-2,4H3,(H-,25,26,31,32)/p+1/t17-,18+,19+,20+/m0/s1. The second kappa shape index (κ2) is 13.4. The number of aliphatic hydroxyl groups excluding tert-OH is 3. The van der Waals surface area contributed by atoms with Crippen LogP contribution in [0.4, 0.5) is 0 Å². The quantitative estimate of drug-likeness (QED) is 0.126. The van der Waals surface area contributed by atoms with Crippen LogP contribution in [0.25, 0.3) is 0 Å². The van der Waals surface area contributed by atoms with Gasteiger partial charge >= 0.3 is 0 Å². The van der Waals surface area contributed by atoms with Gasteiger partial charge in [-0.1, -0.05) is 6.58 Å². The Morgan fingerprint density at radius 2 is 1.84 bits per heavy atom. The summed E-state index contributed by atoms with van der Waals surface area (Å²) in [5.74, 6) is -0.429. The van der Waals surface area contributed by atoms with Crippen molar-refractivity contribution in [2.75, 3.05) is 39.8 Å². The Morgan fingerprint density at radius 1 is 1.19 bits per heavy atom. The number of nitrogens with two attached hydrogens (primary N) is 1. The highest BCUT2D eigenvalue weighted by molar-refractivity contribution is 5.97. The molecule has 0 saturated carbocycles. The highest BCUT2D eigenvalue weighted by Crippen LogP contribution is 2.20. The van der Waals surface area contributed by atoms with Crippen LogP contribution in [0.5, 0.6) is 0 Å². The van der Waals surface area contributed by atoms with Crippen molar-refractivity contribution in [3.05, 3.63) is 24.0 Å². The summed E-state index contributed by atoms with van der Waals surface area (Å²) in [5, 5.41) is 37.9. The number of nitrogens with zero attached hydrogens (tertiary/aromatic N) is 1. The largest absolute Gasteiger partial charge is 0.390 e. The first kappa shape index (κ1) is 27.9. The third-order valence-electron chi connectivity index (χ3n) is 6.21. The van der Waals surface area contributed by atoms with Crippen LogP contribution in [0.3, 0.4) is 0 Å². The Balaban J connectivity index is 2.74. The smallest absolute Gasteiger partial charge is 0.247 e. The molecule has 0 aliphatic heterocycles. The summed E-state index contributed by atoms with van der Waals surface area (Å²) in [7, 11) is 2.13. The van der Waals surface area contributed by atoms with Gasteiger partial charge in [0.15, 0.2) is 0 Å². The van der Waals surface area contributed by atoms with Crippen molar-refractivity contribution in [1.82, 2.24) is 16.0 Å². The molecule has 0 heterocycles. The Bertz CT molecular complexity index is 665. The van der Waals surface area contributed by atoms with Gasteiger partial charge in [0, 0.05) is 18.5 Å². The number of unbranched alkanes of at least 4 members (excludes halogenated alkanes) is 1. The van der Waals surface area contributed by atoms with E-state index in [1.54, 1.807) is 0 Å². The molecular weight excluding hydrogens is 414 g/mol. The van der Waals surface area contributed by atoms with Gasteiger partial charge in [-0.2, -0.15) is 0 Å². The minimum Gasteiger partial charge on any atom is -0.390 e. The van der Waals surface area contributed by atoms with Crippen molar-refractivity contribution in [2.45, 2.75) is 63.9 Å². The summed E-state index contributed by atoms with van der Waals surface area (Å²) < 4.78 is 0.830. The molecule has 1 rings (SSSR count). The molecule has 8 N–H and O–H groups in total. The van der Waals surface area contributed by atoms with Crippen LogP contribution >= 0.6 is 0 Å². The Hall–Kier alpha value is -2.14. The first-order valence-electron chi connectivity index (χ1n) is 11.4.